The minimum Gasteiger partial charge on any atom is -0.499 e. The van der Waals surface area contributed by atoms with Gasteiger partial charge in [-0.05, 0) is 26.1 Å². The van der Waals surface area contributed by atoms with Gasteiger partial charge in [0.1, 0.15) is 5.76 Å². The van der Waals surface area contributed by atoms with E-state index in [9.17, 15) is 0 Å². The molecule has 0 aliphatic heterocycles. The Balaban J connectivity index is 3.58. The molecule has 0 amide bonds. The van der Waals surface area contributed by atoms with Crippen molar-refractivity contribution in [3.05, 3.63) is 11.8 Å². The number of aliphatic imine (C=N–C) groups is 1. The van der Waals surface area contributed by atoms with Crippen LogP contribution in [0.2, 0.25) is 0 Å². The van der Waals surface area contributed by atoms with Crippen LogP contribution in [-0.2, 0) is 4.74 Å². The first-order valence-electron chi connectivity index (χ1n) is 2.98. The van der Waals surface area contributed by atoms with Crippen LogP contribution in [0.15, 0.2) is 16.8 Å². The topological polar surface area (TPSA) is 21.6 Å². The summed E-state index contributed by atoms with van der Waals surface area (Å²) in [6.45, 7) is 4.48. The van der Waals surface area contributed by atoms with Crippen molar-refractivity contribution >= 4 is 6.21 Å². The van der Waals surface area contributed by atoms with Crippen molar-refractivity contribution in [1.29, 1.82) is 0 Å². The zero-order chi connectivity index (χ0) is 7.11. The maximum atomic E-state index is 4.95. The number of hydrogen-bond donors (Lipinski definition) is 0. The normalized spacial score (nSPS) is 12.6. The van der Waals surface area contributed by atoms with Gasteiger partial charge in [-0.15, -0.1) is 0 Å². The number of rotatable bonds is 3. The molecule has 0 saturated carbocycles. The molecule has 0 N–H and O–H groups in total. The fraction of sp³-hybridized carbons (Fsp3) is 0.571. The number of allylic oxidation sites excluding steroid dienone is 1. The van der Waals surface area contributed by atoms with Gasteiger partial charge in [-0.3, -0.25) is 4.99 Å². The summed E-state index contributed by atoms with van der Waals surface area (Å²) in [5, 5.41) is 0. The first-order chi connectivity index (χ1) is 4.35. The van der Waals surface area contributed by atoms with E-state index in [0.29, 0.717) is 6.54 Å². The third kappa shape index (κ3) is 3.76. The molecule has 0 aromatic heterocycles. The molecule has 2 nitrogen and oxygen atoms in total. The van der Waals surface area contributed by atoms with E-state index in [-0.39, 0.29) is 0 Å². The van der Waals surface area contributed by atoms with Gasteiger partial charge >= 0.3 is 0 Å². The second kappa shape index (κ2) is 5.35. The molecular weight excluding hydrogens is 114 g/mol. The van der Waals surface area contributed by atoms with Gasteiger partial charge in [0.05, 0.1) is 13.7 Å². The van der Waals surface area contributed by atoms with Crippen LogP contribution in [0, 0.1) is 0 Å². The molecule has 0 fully saturated rings. The number of ether oxygens (including phenoxy) is 1. The highest BCUT2D eigenvalue weighted by molar-refractivity contribution is 5.53. The second-order valence-corrected chi connectivity index (χ2v) is 1.56. The van der Waals surface area contributed by atoms with Crippen LogP contribution in [0.5, 0.6) is 0 Å². The summed E-state index contributed by atoms with van der Waals surface area (Å²) in [5.74, 6) is 0.910. The largest absolute Gasteiger partial charge is 0.499 e. The van der Waals surface area contributed by atoms with E-state index in [1.807, 2.05) is 19.9 Å². The molecule has 9 heavy (non-hydrogen) atoms. The SMILES string of the molecule is CC=NC/C(=C\C)OC. The molecule has 0 bridgehead atoms. The van der Waals surface area contributed by atoms with Crippen molar-refractivity contribution in [3.8, 4) is 0 Å². The Kier molecular flexibility index (Phi) is 4.88. The maximum absolute atomic E-state index is 4.95. The van der Waals surface area contributed by atoms with Gasteiger partial charge in [-0.2, -0.15) is 0 Å². The lowest BCUT2D eigenvalue weighted by atomic mass is 10.5. The average Bonchev–Trinajstić information content (AvgIpc) is 1.91. The van der Waals surface area contributed by atoms with Gasteiger partial charge in [0.25, 0.3) is 0 Å². The van der Waals surface area contributed by atoms with Gasteiger partial charge < -0.3 is 4.74 Å². The van der Waals surface area contributed by atoms with Crippen LogP contribution >= 0.6 is 0 Å². The summed E-state index contributed by atoms with van der Waals surface area (Å²) in [5.41, 5.74) is 0. The van der Waals surface area contributed by atoms with Gasteiger partial charge in [0, 0.05) is 0 Å². The summed E-state index contributed by atoms with van der Waals surface area (Å²) < 4.78 is 4.95. The molecule has 0 aromatic carbocycles. The standard InChI is InChI=1S/C7H13NO/c1-4-7(9-3)6-8-5-2/h4-5H,6H2,1-3H3/b7-4+,8-5?. The van der Waals surface area contributed by atoms with Crippen molar-refractivity contribution in [2.75, 3.05) is 13.7 Å². The Morgan fingerprint density at radius 2 is 2.22 bits per heavy atom. The predicted octanol–water partition coefficient (Wildman–Crippen LogP) is 1.63. The molecular formula is C7H13NO. The van der Waals surface area contributed by atoms with E-state index in [0.717, 1.165) is 5.76 Å². The Morgan fingerprint density at radius 3 is 2.56 bits per heavy atom. The van der Waals surface area contributed by atoms with Gasteiger partial charge in [0.15, 0.2) is 0 Å². The van der Waals surface area contributed by atoms with Crippen molar-refractivity contribution in [2.45, 2.75) is 13.8 Å². The lowest BCUT2D eigenvalue weighted by Gasteiger charge is -1.98. The van der Waals surface area contributed by atoms with Crippen molar-refractivity contribution in [2.24, 2.45) is 4.99 Å². The predicted molar refractivity (Wildman–Crippen MR) is 39.8 cm³/mol. The van der Waals surface area contributed by atoms with Crippen LogP contribution in [-0.4, -0.2) is 19.9 Å². The molecule has 0 unspecified atom stereocenters. The van der Waals surface area contributed by atoms with Crippen LogP contribution < -0.4 is 0 Å². The van der Waals surface area contributed by atoms with E-state index in [2.05, 4.69) is 4.99 Å². The molecule has 0 atom stereocenters. The minimum atomic E-state index is 0.656. The van der Waals surface area contributed by atoms with E-state index >= 15 is 0 Å². The van der Waals surface area contributed by atoms with Crippen molar-refractivity contribution < 1.29 is 4.74 Å². The van der Waals surface area contributed by atoms with E-state index in [1.165, 1.54) is 0 Å². The second-order valence-electron chi connectivity index (χ2n) is 1.56. The highest BCUT2D eigenvalue weighted by Gasteiger charge is 1.86. The van der Waals surface area contributed by atoms with Crippen LogP contribution in [0.25, 0.3) is 0 Å². The molecule has 0 aromatic rings. The van der Waals surface area contributed by atoms with Gasteiger partial charge in [0.2, 0.25) is 0 Å². The van der Waals surface area contributed by atoms with Crippen molar-refractivity contribution in [1.82, 2.24) is 0 Å². The smallest absolute Gasteiger partial charge is 0.113 e. The highest BCUT2D eigenvalue weighted by atomic mass is 16.5. The van der Waals surface area contributed by atoms with E-state index in [4.69, 9.17) is 4.74 Å². The maximum Gasteiger partial charge on any atom is 0.113 e. The summed E-state index contributed by atoms with van der Waals surface area (Å²) in [6, 6.07) is 0. The lowest BCUT2D eigenvalue weighted by molar-refractivity contribution is 0.286. The Morgan fingerprint density at radius 1 is 1.56 bits per heavy atom. The lowest BCUT2D eigenvalue weighted by Crippen LogP contribution is -1.90. The summed E-state index contributed by atoms with van der Waals surface area (Å²) in [6.07, 6.45) is 3.68. The van der Waals surface area contributed by atoms with Crippen molar-refractivity contribution in [3.63, 3.8) is 0 Å². The van der Waals surface area contributed by atoms with E-state index in [1.54, 1.807) is 13.3 Å². The molecule has 0 rings (SSSR count). The quantitative estimate of drug-likeness (QED) is 0.417. The number of hydrogen-bond acceptors (Lipinski definition) is 2. The van der Waals surface area contributed by atoms with Crippen LogP contribution in [0.1, 0.15) is 13.8 Å². The van der Waals surface area contributed by atoms with Crippen LogP contribution in [0.4, 0.5) is 0 Å². The minimum absolute atomic E-state index is 0.656. The third-order valence-corrected chi connectivity index (χ3v) is 1.01. The molecule has 0 radical (unpaired) electrons. The monoisotopic (exact) mass is 127 g/mol. The van der Waals surface area contributed by atoms with Gasteiger partial charge in [-0.25, -0.2) is 0 Å². The first kappa shape index (κ1) is 8.21. The zero-order valence-electron chi connectivity index (χ0n) is 6.22. The fourth-order valence-electron chi connectivity index (χ4n) is 0.455. The molecule has 52 valence electrons. The Bertz CT molecular complexity index is 116. The fourth-order valence-corrected chi connectivity index (χ4v) is 0.455. The number of nitrogens with zero attached hydrogens (tertiary/aromatic N) is 1. The Labute approximate surface area is 56.2 Å². The third-order valence-electron chi connectivity index (χ3n) is 1.01. The number of methoxy groups -OCH3 is 1. The average molecular weight is 127 g/mol. The molecule has 0 aliphatic rings. The first-order valence-corrected chi connectivity index (χ1v) is 2.98. The van der Waals surface area contributed by atoms with Crippen LogP contribution in [0.3, 0.4) is 0 Å². The Hall–Kier alpha value is -0.790. The summed E-state index contributed by atoms with van der Waals surface area (Å²) in [7, 11) is 1.65. The van der Waals surface area contributed by atoms with E-state index < -0.39 is 0 Å². The molecule has 2 heteroatoms. The zero-order valence-corrected chi connectivity index (χ0v) is 6.22. The molecule has 0 saturated heterocycles. The summed E-state index contributed by atoms with van der Waals surface area (Å²) >= 11 is 0. The van der Waals surface area contributed by atoms with Gasteiger partial charge in [-0.1, -0.05) is 0 Å². The molecule has 0 spiro atoms. The summed E-state index contributed by atoms with van der Waals surface area (Å²) in [4.78, 5) is 4.00. The highest BCUT2D eigenvalue weighted by Crippen LogP contribution is 1.93. The molecule has 0 aliphatic carbocycles. The molecule has 0 heterocycles.